The second-order valence-corrected chi connectivity index (χ2v) is 9.07. The van der Waals surface area contributed by atoms with Gasteiger partial charge in [-0.25, -0.2) is 4.39 Å². The summed E-state index contributed by atoms with van der Waals surface area (Å²) in [6.45, 7) is 5.74. The highest BCUT2D eigenvalue weighted by atomic mass is 32.2. The fraction of sp³-hybridized carbons (Fsp3) is 0.238. The first-order valence-corrected chi connectivity index (χ1v) is 11.2. The minimum atomic E-state index is -0.388. The Morgan fingerprint density at radius 3 is 2.48 bits per heavy atom. The van der Waals surface area contributed by atoms with Gasteiger partial charge in [0.05, 0.1) is 18.0 Å². The summed E-state index contributed by atoms with van der Waals surface area (Å²) >= 11 is 2.41. The largest absolute Gasteiger partial charge is 0.346 e. The second-order valence-electron chi connectivity index (χ2n) is 6.87. The number of aromatic nitrogens is 2. The Morgan fingerprint density at radius 2 is 1.77 bits per heavy atom. The quantitative estimate of drug-likeness (QED) is 0.437. The number of rotatable bonds is 8. The Bertz CT molecular complexity index is 1080. The lowest BCUT2D eigenvalue weighted by atomic mass is 10.1. The molecule has 0 bridgehead atoms. The molecule has 0 fully saturated rings. The Balaban J connectivity index is 1.44. The number of carbonyl (C=O) groups excluding carboxylic acids is 2. The van der Waals surface area contributed by atoms with Gasteiger partial charge < -0.3 is 16.0 Å². The predicted octanol–water partition coefficient (Wildman–Crippen LogP) is 4.19. The van der Waals surface area contributed by atoms with E-state index in [1.165, 1.54) is 29.2 Å². The third-order valence-corrected chi connectivity index (χ3v) is 6.21. The first-order valence-electron chi connectivity index (χ1n) is 9.44. The standard InChI is InChI=1S/C21H22FN5O2S2/c1-12-8-13(2)19(14(3)9-12)25-17(28)10-23-18(29)11-30-21-27-26-20(31-21)24-16-7-5-4-6-15(16)22/h4-9H,10-11H2,1-3H3,(H,23,29)(H,24,26)(H,25,28). The zero-order chi connectivity index (χ0) is 22.4. The molecule has 162 valence electrons. The van der Waals surface area contributed by atoms with Crippen LogP contribution < -0.4 is 16.0 Å². The van der Waals surface area contributed by atoms with Crippen molar-refractivity contribution in [2.24, 2.45) is 0 Å². The molecule has 0 spiro atoms. The van der Waals surface area contributed by atoms with Gasteiger partial charge in [-0.1, -0.05) is 52.9 Å². The van der Waals surface area contributed by atoms with E-state index >= 15 is 0 Å². The van der Waals surface area contributed by atoms with Crippen LogP contribution >= 0.6 is 23.1 Å². The highest BCUT2D eigenvalue weighted by Crippen LogP contribution is 2.28. The van der Waals surface area contributed by atoms with E-state index in [1.54, 1.807) is 18.2 Å². The number of anilines is 3. The van der Waals surface area contributed by atoms with Crippen LogP contribution in [0.4, 0.5) is 20.9 Å². The van der Waals surface area contributed by atoms with E-state index in [2.05, 4.69) is 26.1 Å². The lowest BCUT2D eigenvalue weighted by molar-refractivity contribution is -0.122. The van der Waals surface area contributed by atoms with Crippen LogP contribution in [0.15, 0.2) is 40.7 Å². The van der Waals surface area contributed by atoms with E-state index in [0.717, 1.165) is 22.4 Å². The Labute approximate surface area is 187 Å². The van der Waals surface area contributed by atoms with E-state index < -0.39 is 0 Å². The lowest BCUT2D eigenvalue weighted by Crippen LogP contribution is -2.34. The number of thioether (sulfide) groups is 1. The summed E-state index contributed by atoms with van der Waals surface area (Å²) in [7, 11) is 0. The molecule has 0 aliphatic carbocycles. The van der Waals surface area contributed by atoms with Crippen molar-refractivity contribution in [3.05, 3.63) is 58.9 Å². The molecule has 3 aromatic rings. The van der Waals surface area contributed by atoms with Gasteiger partial charge in [-0.05, 0) is 44.0 Å². The van der Waals surface area contributed by atoms with Gasteiger partial charge in [-0.15, -0.1) is 10.2 Å². The van der Waals surface area contributed by atoms with Crippen LogP contribution in [0.3, 0.4) is 0 Å². The molecule has 0 unspecified atom stereocenters. The number of aryl methyl sites for hydroxylation is 3. The van der Waals surface area contributed by atoms with Gasteiger partial charge in [0.15, 0.2) is 4.34 Å². The molecule has 7 nitrogen and oxygen atoms in total. The molecule has 2 aromatic carbocycles. The first kappa shape index (κ1) is 22.7. The SMILES string of the molecule is Cc1cc(C)c(NC(=O)CNC(=O)CSc2nnc(Nc3ccccc3F)s2)c(C)c1. The molecular formula is C21H22FN5O2S2. The molecule has 3 N–H and O–H groups in total. The fourth-order valence-corrected chi connectivity index (χ4v) is 4.51. The highest BCUT2D eigenvalue weighted by Gasteiger charge is 2.12. The monoisotopic (exact) mass is 459 g/mol. The average molecular weight is 460 g/mol. The van der Waals surface area contributed by atoms with Crippen molar-refractivity contribution >= 4 is 51.4 Å². The van der Waals surface area contributed by atoms with Gasteiger partial charge in [0.2, 0.25) is 16.9 Å². The van der Waals surface area contributed by atoms with Crippen molar-refractivity contribution in [3.8, 4) is 0 Å². The lowest BCUT2D eigenvalue weighted by Gasteiger charge is -2.13. The minimum Gasteiger partial charge on any atom is -0.346 e. The van der Waals surface area contributed by atoms with Gasteiger partial charge >= 0.3 is 0 Å². The summed E-state index contributed by atoms with van der Waals surface area (Å²) in [6.07, 6.45) is 0. The molecule has 0 aliphatic heterocycles. The maximum Gasteiger partial charge on any atom is 0.243 e. The van der Waals surface area contributed by atoms with E-state index in [9.17, 15) is 14.0 Å². The number of hydrogen-bond acceptors (Lipinski definition) is 7. The average Bonchev–Trinajstić information content (AvgIpc) is 3.16. The number of nitrogens with zero attached hydrogens (tertiary/aromatic N) is 2. The number of benzene rings is 2. The zero-order valence-electron chi connectivity index (χ0n) is 17.3. The van der Waals surface area contributed by atoms with Crippen molar-refractivity contribution in [1.29, 1.82) is 0 Å². The van der Waals surface area contributed by atoms with Crippen molar-refractivity contribution in [3.63, 3.8) is 0 Å². The predicted molar refractivity (Wildman–Crippen MR) is 123 cm³/mol. The molecule has 3 rings (SSSR count). The number of carbonyl (C=O) groups is 2. The fourth-order valence-electron chi connectivity index (χ4n) is 2.91. The third kappa shape index (κ3) is 6.50. The zero-order valence-corrected chi connectivity index (χ0v) is 18.9. The molecule has 0 atom stereocenters. The molecule has 10 heteroatoms. The Morgan fingerprint density at radius 1 is 1.06 bits per heavy atom. The van der Waals surface area contributed by atoms with Gasteiger partial charge in [0.25, 0.3) is 0 Å². The third-order valence-electron chi connectivity index (χ3n) is 4.24. The second kappa shape index (κ2) is 10.4. The highest BCUT2D eigenvalue weighted by molar-refractivity contribution is 8.01. The number of nitrogens with one attached hydrogen (secondary N) is 3. The Kier molecular flexibility index (Phi) is 7.59. The van der Waals surface area contributed by atoms with E-state index in [4.69, 9.17) is 0 Å². The number of halogens is 1. The maximum atomic E-state index is 13.7. The van der Waals surface area contributed by atoms with Crippen LogP contribution in [0.5, 0.6) is 0 Å². The van der Waals surface area contributed by atoms with Gasteiger partial charge in [0.1, 0.15) is 5.82 Å². The van der Waals surface area contributed by atoms with Crippen LogP contribution in [-0.4, -0.2) is 34.3 Å². The summed E-state index contributed by atoms with van der Waals surface area (Å²) < 4.78 is 14.2. The van der Waals surface area contributed by atoms with Crippen molar-refractivity contribution in [2.75, 3.05) is 22.9 Å². The molecule has 0 saturated heterocycles. The van der Waals surface area contributed by atoms with Crippen LogP contribution in [0.25, 0.3) is 0 Å². The summed E-state index contributed by atoms with van der Waals surface area (Å²) in [5.74, 6) is -0.887. The molecule has 1 aromatic heterocycles. The minimum absolute atomic E-state index is 0.0875. The van der Waals surface area contributed by atoms with Crippen LogP contribution in [-0.2, 0) is 9.59 Å². The van der Waals surface area contributed by atoms with Crippen LogP contribution in [0.2, 0.25) is 0 Å². The number of para-hydroxylation sites is 1. The van der Waals surface area contributed by atoms with Gasteiger partial charge in [-0.3, -0.25) is 9.59 Å². The topological polar surface area (TPSA) is 96.0 Å². The Hall–Kier alpha value is -2.98. The molecule has 0 radical (unpaired) electrons. The number of hydrogen-bond donors (Lipinski definition) is 3. The molecule has 0 saturated carbocycles. The molecule has 31 heavy (non-hydrogen) atoms. The first-order chi connectivity index (χ1) is 14.8. The molecule has 0 aliphatic rings. The van der Waals surface area contributed by atoms with E-state index in [0.29, 0.717) is 15.2 Å². The van der Waals surface area contributed by atoms with Gasteiger partial charge in [-0.2, -0.15) is 0 Å². The van der Waals surface area contributed by atoms with Crippen LogP contribution in [0, 0.1) is 26.6 Å². The summed E-state index contributed by atoms with van der Waals surface area (Å²) in [4.78, 5) is 24.3. The smallest absolute Gasteiger partial charge is 0.243 e. The maximum absolute atomic E-state index is 13.7. The normalized spacial score (nSPS) is 10.6. The van der Waals surface area contributed by atoms with Crippen molar-refractivity contribution in [2.45, 2.75) is 25.1 Å². The summed E-state index contributed by atoms with van der Waals surface area (Å²) in [5, 5.41) is 16.7. The van der Waals surface area contributed by atoms with E-state index in [1.807, 2.05) is 32.9 Å². The van der Waals surface area contributed by atoms with Crippen LogP contribution in [0.1, 0.15) is 16.7 Å². The summed E-state index contributed by atoms with van der Waals surface area (Å²) in [6, 6.07) is 10.3. The van der Waals surface area contributed by atoms with Crippen molar-refractivity contribution in [1.82, 2.24) is 15.5 Å². The van der Waals surface area contributed by atoms with Crippen molar-refractivity contribution < 1.29 is 14.0 Å². The molecule has 1 heterocycles. The molecular weight excluding hydrogens is 437 g/mol. The van der Waals surface area contributed by atoms with E-state index in [-0.39, 0.29) is 29.9 Å². The summed E-state index contributed by atoms with van der Waals surface area (Å²) in [5.41, 5.74) is 4.15. The molecule has 2 amide bonds. The van der Waals surface area contributed by atoms with Gasteiger partial charge in [0, 0.05) is 5.69 Å². The number of amides is 2.